The molecular weight excluding hydrogens is 418 g/mol. The summed E-state index contributed by atoms with van der Waals surface area (Å²) in [5, 5.41) is 3.02. The number of carbonyl (C=O) groups excluding carboxylic acids is 1. The fourth-order valence-corrected chi connectivity index (χ4v) is 5.35. The molecule has 2 heterocycles. The topological polar surface area (TPSA) is 97.0 Å². The van der Waals surface area contributed by atoms with E-state index >= 15 is 0 Å². The highest BCUT2D eigenvalue weighted by Gasteiger charge is 2.31. The molecule has 2 saturated heterocycles. The van der Waals surface area contributed by atoms with Crippen LogP contribution >= 0.6 is 0 Å². The van der Waals surface area contributed by atoms with Crippen molar-refractivity contribution in [3.05, 3.63) is 35.9 Å². The molecule has 1 amide bonds. The number of ether oxygens (including phenoxy) is 2. The van der Waals surface area contributed by atoms with Crippen molar-refractivity contribution in [2.24, 2.45) is 5.92 Å². The van der Waals surface area contributed by atoms with E-state index in [4.69, 9.17) is 9.47 Å². The number of nitrogens with one attached hydrogen (secondary N) is 2. The first kappa shape index (κ1) is 22.4. The molecule has 1 aliphatic carbocycles. The standard InChI is InChI=1S/C22H31N3O5S/c26-22(23-15-21(18-9-12-30-16-18)25-10-13-29-14-11-25)8-3-17-1-6-20(7-2-17)31(27,28)24-19-4-5-19/h1-3,6-8,18-19,21,24H,4-5,9-16H2,(H,23,26)/b8-3+. The second-order valence-electron chi connectivity index (χ2n) is 8.38. The van der Waals surface area contributed by atoms with Crippen LogP contribution in [0.25, 0.3) is 6.08 Å². The van der Waals surface area contributed by atoms with E-state index in [1.54, 1.807) is 30.3 Å². The van der Waals surface area contributed by atoms with E-state index in [-0.39, 0.29) is 22.9 Å². The normalized spacial score (nSPS) is 23.8. The molecule has 0 radical (unpaired) electrons. The van der Waals surface area contributed by atoms with Crippen LogP contribution in [0.2, 0.25) is 0 Å². The summed E-state index contributed by atoms with van der Waals surface area (Å²) >= 11 is 0. The molecule has 4 rings (SSSR count). The summed E-state index contributed by atoms with van der Waals surface area (Å²) in [5.41, 5.74) is 0.773. The van der Waals surface area contributed by atoms with Crippen LogP contribution in [0.15, 0.2) is 35.2 Å². The summed E-state index contributed by atoms with van der Waals surface area (Å²) in [6, 6.07) is 6.86. The zero-order valence-corrected chi connectivity index (χ0v) is 18.5. The minimum absolute atomic E-state index is 0.0744. The van der Waals surface area contributed by atoms with Crippen molar-refractivity contribution in [2.75, 3.05) is 46.1 Å². The zero-order valence-electron chi connectivity index (χ0n) is 17.7. The van der Waals surface area contributed by atoms with Gasteiger partial charge in [-0.1, -0.05) is 12.1 Å². The molecule has 8 nitrogen and oxygen atoms in total. The van der Waals surface area contributed by atoms with Gasteiger partial charge in [-0.25, -0.2) is 13.1 Å². The Kier molecular flexibility index (Phi) is 7.39. The second kappa shape index (κ2) is 10.2. The van der Waals surface area contributed by atoms with Crippen LogP contribution in [-0.4, -0.2) is 77.4 Å². The first-order valence-electron chi connectivity index (χ1n) is 11.0. The Hall–Kier alpha value is -1.78. The number of carbonyl (C=O) groups is 1. The molecule has 3 fully saturated rings. The maximum atomic E-state index is 12.4. The summed E-state index contributed by atoms with van der Waals surface area (Å²) in [4.78, 5) is 15.0. The molecule has 1 saturated carbocycles. The van der Waals surface area contributed by atoms with Crippen LogP contribution in [0.5, 0.6) is 0 Å². The van der Waals surface area contributed by atoms with Gasteiger partial charge in [0.05, 0.1) is 24.7 Å². The Morgan fingerprint density at radius 2 is 1.84 bits per heavy atom. The third kappa shape index (κ3) is 6.36. The fourth-order valence-electron chi connectivity index (χ4n) is 4.04. The van der Waals surface area contributed by atoms with Crippen molar-refractivity contribution in [3.8, 4) is 0 Å². The monoisotopic (exact) mass is 449 g/mol. The van der Waals surface area contributed by atoms with E-state index < -0.39 is 10.0 Å². The lowest BCUT2D eigenvalue weighted by Gasteiger charge is -2.37. The number of nitrogens with zero attached hydrogens (tertiary/aromatic N) is 1. The van der Waals surface area contributed by atoms with E-state index in [1.807, 2.05) is 0 Å². The van der Waals surface area contributed by atoms with Crippen molar-refractivity contribution in [2.45, 2.75) is 36.2 Å². The summed E-state index contributed by atoms with van der Waals surface area (Å²) in [6.07, 6.45) is 6.00. The molecule has 2 N–H and O–H groups in total. The lowest BCUT2D eigenvalue weighted by atomic mass is 9.97. The van der Waals surface area contributed by atoms with E-state index in [0.717, 1.165) is 64.3 Å². The van der Waals surface area contributed by atoms with Gasteiger partial charge in [0.15, 0.2) is 0 Å². The molecule has 1 aromatic rings. The Labute approximate surface area is 184 Å². The van der Waals surface area contributed by atoms with Crippen molar-refractivity contribution >= 4 is 22.0 Å². The van der Waals surface area contributed by atoms with Crippen LogP contribution in [0.3, 0.4) is 0 Å². The van der Waals surface area contributed by atoms with E-state index in [0.29, 0.717) is 12.5 Å². The summed E-state index contributed by atoms with van der Waals surface area (Å²) < 4.78 is 38.2. The number of rotatable bonds is 9. The van der Waals surface area contributed by atoms with Gasteiger partial charge in [-0.15, -0.1) is 0 Å². The largest absolute Gasteiger partial charge is 0.381 e. The summed E-state index contributed by atoms with van der Waals surface area (Å²) in [5.74, 6) is 0.255. The zero-order chi connectivity index (χ0) is 21.7. The highest BCUT2D eigenvalue weighted by Crippen LogP contribution is 2.23. The highest BCUT2D eigenvalue weighted by molar-refractivity contribution is 7.89. The van der Waals surface area contributed by atoms with Crippen molar-refractivity contribution < 1.29 is 22.7 Å². The second-order valence-corrected chi connectivity index (χ2v) is 10.1. The average Bonchev–Trinajstić information content (AvgIpc) is 3.41. The first-order chi connectivity index (χ1) is 15.0. The minimum atomic E-state index is -3.46. The van der Waals surface area contributed by atoms with E-state index in [1.165, 1.54) is 6.08 Å². The van der Waals surface area contributed by atoms with Gasteiger partial charge in [0.1, 0.15) is 0 Å². The number of sulfonamides is 1. The first-order valence-corrected chi connectivity index (χ1v) is 12.5. The molecule has 2 atom stereocenters. The van der Waals surface area contributed by atoms with Gasteiger partial charge in [-0.05, 0) is 43.0 Å². The number of hydrogen-bond donors (Lipinski definition) is 2. The maximum Gasteiger partial charge on any atom is 0.244 e. The van der Waals surface area contributed by atoms with Crippen LogP contribution in [0.1, 0.15) is 24.8 Å². The smallest absolute Gasteiger partial charge is 0.244 e. The lowest BCUT2D eigenvalue weighted by Crippen LogP contribution is -2.52. The van der Waals surface area contributed by atoms with E-state index in [2.05, 4.69) is 14.9 Å². The molecule has 31 heavy (non-hydrogen) atoms. The predicted molar refractivity (Wildman–Crippen MR) is 117 cm³/mol. The SMILES string of the molecule is O=C(/C=C/c1ccc(S(=O)(=O)NC2CC2)cc1)NCC(C1CCOC1)N1CCOCC1. The van der Waals surface area contributed by atoms with Crippen molar-refractivity contribution in [3.63, 3.8) is 0 Å². The van der Waals surface area contributed by atoms with Gasteiger partial charge >= 0.3 is 0 Å². The highest BCUT2D eigenvalue weighted by atomic mass is 32.2. The molecule has 2 aliphatic heterocycles. The van der Waals surface area contributed by atoms with Crippen LogP contribution in [0.4, 0.5) is 0 Å². The van der Waals surface area contributed by atoms with E-state index in [9.17, 15) is 13.2 Å². The van der Waals surface area contributed by atoms with Crippen molar-refractivity contribution in [1.29, 1.82) is 0 Å². The minimum Gasteiger partial charge on any atom is -0.381 e. The Bertz CT molecular complexity index is 871. The maximum absolute atomic E-state index is 12.4. The predicted octanol–water partition coefficient (Wildman–Crippen LogP) is 0.994. The van der Waals surface area contributed by atoms with Gasteiger partial charge in [0, 0.05) is 50.3 Å². The average molecular weight is 450 g/mol. The Morgan fingerprint density at radius 3 is 2.48 bits per heavy atom. The van der Waals surface area contributed by atoms with Gasteiger partial charge < -0.3 is 14.8 Å². The molecule has 1 aromatic carbocycles. The van der Waals surface area contributed by atoms with Crippen LogP contribution < -0.4 is 10.0 Å². The third-order valence-electron chi connectivity index (χ3n) is 6.03. The summed E-state index contributed by atoms with van der Waals surface area (Å²) in [7, 11) is -3.46. The number of benzene rings is 1. The third-order valence-corrected chi connectivity index (χ3v) is 7.56. The lowest BCUT2D eigenvalue weighted by molar-refractivity contribution is -0.116. The molecular formula is C22H31N3O5S. The van der Waals surface area contributed by atoms with Crippen LogP contribution in [-0.2, 0) is 24.3 Å². The molecule has 2 unspecified atom stereocenters. The Balaban J connectivity index is 1.30. The molecule has 9 heteroatoms. The quantitative estimate of drug-likeness (QED) is 0.546. The molecule has 0 aromatic heterocycles. The Morgan fingerprint density at radius 1 is 1.10 bits per heavy atom. The molecule has 170 valence electrons. The molecule has 0 bridgehead atoms. The number of morpholine rings is 1. The van der Waals surface area contributed by atoms with Crippen LogP contribution in [0, 0.1) is 5.92 Å². The number of amides is 1. The van der Waals surface area contributed by atoms with Crippen molar-refractivity contribution in [1.82, 2.24) is 14.9 Å². The van der Waals surface area contributed by atoms with Gasteiger partial charge in [0.2, 0.25) is 15.9 Å². The van der Waals surface area contributed by atoms with Gasteiger partial charge in [0.25, 0.3) is 0 Å². The van der Waals surface area contributed by atoms with Gasteiger partial charge in [-0.2, -0.15) is 0 Å². The van der Waals surface area contributed by atoms with Gasteiger partial charge in [-0.3, -0.25) is 9.69 Å². The summed E-state index contributed by atoms with van der Waals surface area (Å²) in [6.45, 7) is 5.27. The fraction of sp³-hybridized carbons (Fsp3) is 0.591. The molecule has 0 spiro atoms. The molecule has 3 aliphatic rings. The number of hydrogen-bond acceptors (Lipinski definition) is 6.